The molecule has 1 atom stereocenters. The van der Waals surface area contributed by atoms with Crippen molar-refractivity contribution in [2.45, 2.75) is 31.8 Å². The van der Waals surface area contributed by atoms with Crippen LogP contribution in [0.1, 0.15) is 41.2 Å². The van der Waals surface area contributed by atoms with Gasteiger partial charge in [0.1, 0.15) is 11.9 Å². The zero-order valence-electron chi connectivity index (χ0n) is 11.1. The lowest BCUT2D eigenvalue weighted by molar-refractivity contribution is 0.215. The second-order valence-electron chi connectivity index (χ2n) is 5.30. The molecule has 0 spiro atoms. The summed E-state index contributed by atoms with van der Waals surface area (Å²) < 4.78 is 13.8. The summed E-state index contributed by atoms with van der Waals surface area (Å²) in [5.74, 6) is -0.431. The number of halogens is 2. The van der Waals surface area contributed by atoms with E-state index in [0.29, 0.717) is 5.02 Å². The number of fused-ring (bicyclic) bond motifs is 1. The fraction of sp³-hybridized carbons (Fsp3) is 0.294. The van der Waals surface area contributed by atoms with E-state index >= 15 is 0 Å². The summed E-state index contributed by atoms with van der Waals surface area (Å²) in [4.78, 5) is 0. The van der Waals surface area contributed by atoms with Crippen molar-refractivity contribution in [3.8, 4) is 0 Å². The molecule has 0 saturated carbocycles. The smallest absolute Gasteiger partial charge is 0.129 e. The summed E-state index contributed by atoms with van der Waals surface area (Å²) in [5, 5.41) is 10.8. The average Bonchev–Trinajstić information content (AvgIpc) is 2.48. The zero-order chi connectivity index (χ0) is 14.1. The maximum absolute atomic E-state index is 13.8. The molecule has 1 unspecified atom stereocenters. The van der Waals surface area contributed by atoms with Gasteiger partial charge in [-0.25, -0.2) is 4.39 Å². The first-order valence-corrected chi connectivity index (χ1v) is 7.27. The van der Waals surface area contributed by atoms with Crippen molar-refractivity contribution in [2.75, 3.05) is 0 Å². The fourth-order valence-electron chi connectivity index (χ4n) is 2.83. The van der Waals surface area contributed by atoms with Crippen molar-refractivity contribution in [3.63, 3.8) is 0 Å². The van der Waals surface area contributed by atoms with Crippen LogP contribution in [0.15, 0.2) is 36.4 Å². The van der Waals surface area contributed by atoms with Crippen LogP contribution in [0.5, 0.6) is 0 Å². The van der Waals surface area contributed by atoms with Gasteiger partial charge in [-0.3, -0.25) is 0 Å². The highest BCUT2D eigenvalue weighted by Gasteiger charge is 2.18. The van der Waals surface area contributed by atoms with Crippen LogP contribution < -0.4 is 0 Å². The molecule has 0 aliphatic heterocycles. The Morgan fingerprint density at radius 2 is 1.75 bits per heavy atom. The number of rotatable bonds is 2. The lowest BCUT2D eigenvalue weighted by Crippen LogP contribution is -2.07. The normalized spacial score (nSPS) is 15.8. The van der Waals surface area contributed by atoms with Crippen LogP contribution in [0.3, 0.4) is 0 Å². The molecule has 20 heavy (non-hydrogen) atoms. The average molecular weight is 291 g/mol. The van der Waals surface area contributed by atoms with Gasteiger partial charge in [-0.1, -0.05) is 29.8 Å². The van der Waals surface area contributed by atoms with Crippen LogP contribution in [0.4, 0.5) is 4.39 Å². The summed E-state index contributed by atoms with van der Waals surface area (Å²) in [5.41, 5.74) is 3.58. The summed E-state index contributed by atoms with van der Waals surface area (Å²) in [6.07, 6.45) is 3.56. The molecule has 3 rings (SSSR count). The lowest BCUT2D eigenvalue weighted by Gasteiger charge is -2.19. The molecule has 0 fully saturated rings. The Labute approximate surface area is 123 Å². The van der Waals surface area contributed by atoms with Crippen LogP contribution in [0, 0.1) is 5.82 Å². The minimum atomic E-state index is -0.971. The molecular weight excluding hydrogens is 275 g/mol. The van der Waals surface area contributed by atoms with Gasteiger partial charge in [-0.2, -0.15) is 0 Å². The Hall–Kier alpha value is -1.38. The Bertz CT molecular complexity index is 639. The molecule has 2 aromatic carbocycles. The van der Waals surface area contributed by atoms with Gasteiger partial charge in [0.15, 0.2) is 0 Å². The minimum Gasteiger partial charge on any atom is -0.384 e. The Balaban J connectivity index is 1.97. The predicted molar refractivity (Wildman–Crippen MR) is 78.6 cm³/mol. The highest BCUT2D eigenvalue weighted by Crippen LogP contribution is 2.30. The number of benzene rings is 2. The molecular formula is C17H16ClFO. The van der Waals surface area contributed by atoms with Crippen molar-refractivity contribution in [2.24, 2.45) is 0 Å². The standard InChI is InChI=1S/C17H16ClFO/c18-14-7-8-16(19)15(10-14)17(20)13-6-5-11-3-1-2-4-12(11)9-13/h5-10,17,20H,1-4H2. The highest BCUT2D eigenvalue weighted by molar-refractivity contribution is 6.30. The van der Waals surface area contributed by atoms with Crippen molar-refractivity contribution in [1.29, 1.82) is 0 Å². The maximum Gasteiger partial charge on any atom is 0.129 e. The van der Waals surface area contributed by atoms with Gasteiger partial charge in [0.25, 0.3) is 0 Å². The van der Waals surface area contributed by atoms with E-state index in [9.17, 15) is 9.50 Å². The predicted octanol–water partition coefficient (Wildman–Crippen LogP) is 4.44. The third-order valence-corrected chi connectivity index (χ3v) is 4.18. The third-order valence-electron chi connectivity index (χ3n) is 3.94. The SMILES string of the molecule is OC(c1ccc2c(c1)CCCC2)c1cc(Cl)ccc1F. The Morgan fingerprint density at radius 3 is 2.55 bits per heavy atom. The van der Waals surface area contributed by atoms with Gasteiger partial charge in [0, 0.05) is 10.6 Å². The summed E-state index contributed by atoms with van der Waals surface area (Å²) in [6, 6.07) is 10.2. The zero-order valence-corrected chi connectivity index (χ0v) is 11.8. The molecule has 0 radical (unpaired) electrons. The lowest BCUT2D eigenvalue weighted by atomic mass is 9.88. The van der Waals surface area contributed by atoms with E-state index in [0.717, 1.165) is 18.4 Å². The molecule has 2 aromatic rings. The number of hydrogen-bond donors (Lipinski definition) is 1. The van der Waals surface area contributed by atoms with E-state index in [2.05, 4.69) is 6.07 Å². The van der Waals surface area contributed by atoms with Gasteiger partial charge in [-0.05, 0) is 60.6 Å². The molecule has 1 N–H and O–H groups in total. The first-order chi connectivity index (χ1) is 9.65. The first kappa shape index (κ1) is 13.6. The molecule has 0 amide bonds. The molecule has 0 aromatic heterocycles. The van der Waals surface area contributed by atoms with Crippen molar-refractivity contribution in [3.05, 3.63) is 69.5 Å². The number of aliphatic hydroxyl groups excluding tert-OH is 1. The molecule has 0 heterocycles. The summed E-state index contributed by atoms with van der Waals surface area (Å²) in [6.45, 7) is 0. The fourth-order valence-corrected chi connectivity index (χ4v) is 3.01. The molecule has 1 aliphatic rings. The van der Waals surface area contributed by atoms with Crippen molar-refractivity contribution in [1.82, 2.24) is 0 Å². The number of aryl methyl sites for hydroxylation is 2. The number of aliphatic hydroxyl groups is 1. The Kier molecular flexibility index (Phi) is 3.77. The van der Waals surface area contributed by atoms with E-state index in [1.165, 1.54) is 42.2 Å². The van der Waals surface area contributed by atoms with Gasteiger partial charge >= 0.3 is 0 Å². The van der Waals surface area contributed by atoms with E-state index in [-0.39, 0.29) is 5.56 Å². The van der Waals surface area contributed by atoms with E-state index in [4.69, 9.17) is 11.6 Å². The minimum absolute atomic E-state index is 0.230. The molecule has 1 nitrogen and oxygen atoms in total. The molecule has 0 bridgehead atoms. The van der Waals surface area contributed by atoms with Gasteiger partial charge in [0.05, 0.1) is 0 Å². The monoisotopic (exact) mass is 290 g/mol. The molecule has 104 valence electrons. The van der Waals surface area contributed by atoms with Crippen LogP contribution in [0.25, 0.3) is 0 Å². The molecule has 0 saturated heterocycles. The maximum atomic E-state index is 13.8. The summed E-state index contributed by atoms with van der Waals surface area (Å²) in [7, 11) is 0. The second-order valence-corrected chi connectivity index (χ2v) is 5.74. The second kappa shape index (κ2) is 5.55. The number of hydrogen-bond acceptors (Lipinski definition) is 1. The van der Waals surface area contributed by atoms with Gasteiger partial charge in [0.2, 0.25) is 0 Å². The largest absolute Gasteiger partial charge is 0.384 e. The molecule has 3 heteroatoms. The summed E-state index contributed by atoms with van der Waals surface area (Å²) >= 11 is 5.89. The van der Waals surface area contributed by atoms with Crippen LogP contribution >= 0.6 is 11.6 Å². The van der Waals surface area contributed by atoms with Crippen molar-refractivity contribution < 1.29 is 9.50 Å². The van der Waals surface area contributed by atoms with Gasteiger partial charge in [-0.15, -0.1) is 0 Å². The third kappa shape index (κ3) is 2.58. The molecule has 1 aliphatic carbocycles. The highest BCUT2D eigenvalue weighted by atomic mass is 35.5. The van der Waals surface area contributed by atoms with Gasteiger partial charge < -0.3 is 5.11 Å². The quantitative estimate of drug-likeness (QED) is 0.867. The van der Waals surface area contributed by atoms with Crippen LogP contribution in [0.2, 0.25) is 5.02 Å². The van der Waals surface area contributed by atoms with Crippen LogP contribution in [-0.2, 0) is 12.8 Å². The van der Waals surface area contributed by atoms with Crippen molar-refractivity contribution >= 4 is 11.6 Å². The van der Waals surface area contributed by atoms with E-state index in [1.807, 2.05) is 12.1 Å². The van der Waals surface area contributed by atoms with E-state index < -0.39 is 11.9 Å². The Morgan fingerprint density at radius 1 is 1.00 bits per heavy atom. The topological polar surface area (TPSA) is 20.2 Å². The van der Waals surface area contributed by atoms with Crippen LogP contribution in [-0.4, -0.2) is 5.11 Å². The first-order valence-electron chi connectivity index (χ1n) is 6.90. The van der Waals surface area contributed by atoms with E-state index in [1.54, 1.807) is 0 Å².